The predicted octanol–water partition coefficient (Wildman–Crippen LogP) is 3.48. The zero-order valence-electron chi connectivity index (χ0n) is 11.5. The second kappa shape index (κ2) is 6.85. The van der Waals surface area contributed by atoms with Gasteiger partial charge in [0.2, 0.25) is 0 Å². The Kier molecular flexibility index (Phi) is 5.45. The molecule has 1 rings (SSSR count). The molecule has 0 fully saturated rings. The Morgan fingerprint density at radius 3 is 2.84 bits per heavy atom. The first kappa shape index (κ1) is 15.1. The van der Waals surface area contributed by atoms with E-state index in [9.17, 15) is 4.79 Å². The quantitative estimate of drug-likeness (QED) is 0.341. The number of nitrogens with zero attached hydrogens (tertiary/aromatic N) is 3. The largest absolute Gasteiger partial charge is 0.469 e. The smallest absolute Gasteiger partial charge is 0.306 e. The highest BCUT2D eigenvalue weighted by molar-refractivity contribution is 5.70. The number of ether oxygens (including phenoxy) is 1. The summed E-state index contributed by atoms with van der Waals surface area (Å²) in [6.45, 7) is 5.70. The van der Waals surface area contributed by atoms with Crippen LogP contribution >= 0.6 is 0 Å². The van der Waals surface area contributed by atoms with Crippen LogP contribution in [0.15, 0.2) is 27.9 Å². The van der Waals surface area contributed by atoms with Crippen LogP contribution in [0.4, 0.5) is 0 Å². The topological polar surface area (TPSA) is 88.2 Å². The monoisotopic (exact) mass is 265 g/mol. The fraction of sp³-hybridized carbons (Fsp3) is 0.615. The van der Waals surface area contributed by atoms with Crippen LogP contribution in [-0.4, -0.2) is 18.1 Å². The fourth-order valence-corrected chi connectivity index (χ4v) is 1.69. The minimum atomic E-state index is -0.509. The molecule has 0 bridgehead atoms. The van der Waals surface area contributed by atoms with E-state index < -0.39 is 5.60 Å². The maximum absolute atomic E-state index is 11.8. The van der Waals surface area contributed by atoms with E-state index in [0.29, 0.717) is 6.42 Å². The van der Waals surface area contributed by atoms with Crippen LogP contribution in [0.5, 0.6) is 0 Å². The Morgan fingerprint density at radius 1 is 1.58 bits per heavy atom. The minimum absolute atomic E-state index is 0.114. The molecule has 104 valence electrons. The Hall–Kier alpha value is -1.94. The van der Waals surface area contributed by atoms with Gasteiger partial charge in [0.1, 0.15) is 11.4 Å². The number of esters is 1. The molecule has 0 aliphatic carbocycles. The average molecular weight is 265 g/mol. The van der Waals surface area contributed by atoms with Gasteiger partial charge in [-0.1, -0.05) is 5.11 Å². The molecule has 1 aromatic rings. The third-order valence-electron chi connectivity index (χ3n) is 2.35. The highest BCUT2D eigenvalue weighted by Gasteiger charge is 2.21. The molecule has 6 nitrogen and oxygen atoms in total. The predicted molar refractivity (Wildman–Crippen MR) is 70.4 cm³/mol. The van der Waals surface area contributed by atoms with Gasteiger partial charge < -0.3 is 9.15 Å². The van der Waals surface area contributed by atoms with Crippen LogP contribution in [0.1, 0.15) is 33.0 Å². The van der Waals surface area contributed by atoms with Crippen molar-refractivity contribution in [2.24, 2.45) is 11.0 Å². The number of hydrogen-bond donors (Lipinski definition) is 0. The van der Waals surface area contributed by atoms with E-state index in [-0.39, 0.29) is 24.9 Å². The van der Waals surface area contributed by atoms with Crippen LogP contribution in [0, 0.1) is 5.92 Å². The Morgan fingerprint density at radius 2 is 2.32 bits per heavy atom. The molecule has 19 heavy (non-hydrogen) atoms. The zero-order valence-corrected chi connectivity index (χ0v) is 11.5. The van der Waals surface area contributed by atoms with Crippen LogP contribution in [0.3, 0.4) is 0 Å². The lowest BCUT2D eigenvalue weighted by Crippen LogP contribution is -2.26. The minimum Gasteiger partial charge on any atom is -0.469 e. The van der Waals surface area contributed by atoms with Gasteiger partial charge in [0.25, 0.3) is 0 Å². The Labute approximate surface area is 112 Å². The number of carbonyl (C=O) groups excluding carboxylic acids is 1. The third kappa shape index (κ3) is 6.52. The highest BCUT2D eigenvalue weighted by atomic mass is 16.6. The molecule has 0 aliphatic heterocycles. The van der Waals surface area contributed by atoms with Gasteiger partial charge in [-0.05, 0) is 44.4 Å². The van der Waals surface area contributed by atoms with Gasteiger partial charge in [-0.15, -0.1) is 0 Å². The summed E-state index contributed by atoms with van der Waals surface area (Å²) in [6, 6.07) is 3.62. The molecule has 0 amide bonds. The summed E-state index contributed by atoms with van der Waals surface area (Å²) in [5.74, 6) is 0.357. The van der Waals surface area contributed by atoms with Crippen molar-refractivity contribution in [2.75, 3.05) is 6.54 Å². The lowest BCUT2D eigenvalue weighted by Gasteiger charge is -2.21. The lowest BCUT2D eigenvalue weighted by molar-refractivity contribution is -0.155. The van der Waals surface area contributed by atoms with Crippen LogP contribution in [-0.2, 0) is 16.0 Å². The zero-order chi connectivity index (χ0) is 14.3. The van der Waals surface area contributed by atoms with Crippen molar-refractivity contribution >= 4 is 5.97 Å². The van der Waals surface area contributed by atoms with E-state index in [1.807, 2.05) is 26.8 Å². The van der Waals surface area contributed by atoms with Gasteiger partial charge in [-0.2, -0.15) is 0 Å². The van der Waals surface area contributed by atoms with Crippen LogP contribution < -0.4 is 0 Å². The fourth-order valence-electron chi connectivity index (χ4n) is 1.69. The van der Waals surface area contributed by atoms with Gasteiger partial charge >= 0.3 is 5.97 Å². The molecule has 0 saturated carbocycles. The number of rotatable bonds is 6. The summed E-state index contributed by atoms with van der Waals surface area (Å²) < 4.78 is 10.5. The Bertz CT molecular complexity index is 442. The summed E-state index contributed by atoms with van der Waals surface area (Å²) in [7, 11) is 0. The second-order valence-electron chi connectivity index (χ2n) is 5.35. The number of hydrogen-bond acceptors (Lipinski definition) is 4. The number of azide groups is 1. The van der Waals surface area contributed by atoms with E-state index in [0.717, 1.165) is 5.76 Å². The number of furan rings is 1. The van der Waals surface area contributed by atoms with E-state index in [2.05, 4.69) is 10.0 Å². The molecular formula is C13H19N3O3. The maximum atomic E-state index is 11.8. The first-order valence-electron chi connectivity index (χ1n) is 6.16. The molecule has 0 aromatic carbocycles. The molecule has 0 radical (unpaired) electrons. The molecule has 0 unspecified atom stereocenters. The molecule has 0 N–H and O–H groups in total. The van der Waals surface area contributed by atoms with Crippen molar-refractivity contribution in [2.45, 2.75) is 39.2 Å². The summed E-state index contributed by atoms with van der Waals surface area (Å²) in [6.07, 6.45) is 2.33. The van der Waals surface area contributed by atoms with Crippen molar-refractivity contribution < 1.29 is 13.9 Å². The first-order chi connectivity index (χ1) is 8.90. The van der Waals surface area contributed by atoms with E-state index in [4.69, 9.17) is 14.7 Å². The van der Waals surface area contributed by atoms with Crippen molar-refractivity contribution in [3.8, 4) is 0 Å². The van der Waals surface area contributed by atoms with Crippen LogP contribution in [0.25, 0.3) is 10.4 Å². The Balaban J connectivity index is 2.58. The molecule has 1 heterocycles. The summed E-state index contributed by atoms with van der Waals surface area (Å²) in [5, 5.41) is 3.53. The van der Waals surface area contributed by atoms with Gasteiger partial charge in [0.05, 0.1) is 6.26 Å². The molecule has 1 atom stereocenters. The van der Waals surface area contributed by atoms with Gasteiger partial charge in [-0.25, -0.2) is 0 Å². The molecule has 0 spiro atoms. The van der Waals surface area contributed by atoms with Crippen molar-refractivity contribution in [1.29, 1.82) is 0 Å². The summed E-state index contributed by atoms with van der Waals surface area (Å²) in [4.78, 5) is 14.5. The SMILES string of the molecule is CC(C)(C)OC(=O)C[C@H](CN=[N+]=[N-])Cc1ccco1. The molecular weight excluding hydrogens is 246 g/mol. The normalized spacial score (nSPS) is 12.6. The molecule has 0 saturated heterocycles. The maximum Gasteiger partial charge on any atom is 0.306 e. The summed E-state index contributed by atoms with van der Waals surface area (Å²) >= 11 is 0. The first-order valence-corrected chi connectivity index (χ1v) is 6.16. The standard InChI is InChI=1S/C13H19N3O3/c1-13(2,3)19-12(17)8-10(9-15-16-14)7-11-5-4-6-18-11/h4-6,10H,7-9H2,1-3H3/t10-/m1/s1. The van der Waals surface area contributed by atoms with E-state index in [1.54, 1.807) is 12.3 Å². The average Bonchev–Trinajstić information content (AvgIpc) is 2.75. The lowest BCUT2D eigenvalue weighted by atomic mass is 10.00. The highest BCUT2D eigenvalue weighted by Crippen LogP contribution is 2.17. The van der Waals surface area contributed by atoms with Crippen molar-refractivity contribution in [3.63, 3.8) is 0 Å². The number of carbonyl (C=O) groups is 1. The van der Waals surface area contributed by atoms with Crippen LogP contribution in [0.2, 0.25) is 0 Å². The third-order valence-corrected chi connectivity index (χ3v) is 2.35. The van der Waals surface area contributed by atoms with E-state index in [1.165, 1.54) is 0 Å². The summed E-state index contributed by atoms with van der Waals surface area (Å²) in [5.41, 5.74) is 7.87. The van der Waals surface area contributed by atoms with E-state index >= 15 is 0 Å². The molecule has 6 heteroatoms. The molecule has 0 aliphatic rings. The van der Waals surface area contributed by atoms with Crippen molar-refractivity contribution in [1.82, 2.24) is 0 Å². The van der Waals surface area contributed by atoms with Gasteiger partial charge in [0.15, 0.2) is 0 Å². The molecule has 1 aromatic heterocycles. The van der Waals surface area contributed by atoms with Gasteiger partial charge in [-0.3, -0.25) is 4.79 Å². The van der Waals surface area contributed by atoms with Gasteiger partial charge in [0, 0.05) is 24.3 Å². The second-order valence-corrected chi connectivity index (χ2v) is 5.35. The van der Waals surface area contributed by atoms with Crippen molar-refractivity contribution in [3.05, 3.63) is 34.6 Å².